The molecule has 1 atom stereocenters. The molecule has 1 aromatic carbocycles. The molecule has 1 saturated heterocycles. The highest BCUT2D eigenvalue weighted by molar-refractivity contribution is 7.89. The number of sulfonamides is 1. The maximum atomic E-state index is 12.3. The first-order valence-corrected chi connectivity index (χ1v) is 10.0. The van der Waals surface area contributed by atoms with Crippen LogP contribution in [0.15, 0.2) is 29.2 Å². The van der Waals surface area contributed by atoms with Gasteiger partial charge in [0.2, 0.25) is 21.8 Å². The first-order valence-electron chi connectivity index (χ1n) is 8.49. The minimum Gasteiger partial charge on any atom is -0.352 e. The van der Waals surface area contributed by atoms with Gasteiger partial charge in [0, 0.05) is 26.1 Å². The van der Waals surface area contributed by atoms with Crippen molar-refractivity contribution in [3.05, 3.63) is 29.8 Å². The molecule has 1 aliphatic rings. The van der Waals surface area contributed by atoms with E-state index < -0.39 is 10.0 Å². The van der Waals surface area contributed by atoms with Crippen molar-refractivity contribution in [2.45, 2.75) is 24.3 Å². The van der Waals surface area contributed by atoms with Crippen molar-refractivity contribution < 1.29 is 18.0 Å². The van der Waals surface area contributed by atoms with Crippen LogP contribution >= 0.6 is 0 Å². The fourth-order valence-corrected chi connectivity index (χ4v) is 3.39. The van der Waals surface area contributed by atoms with Crippen molar-refractivity contribution in [2.24, 2.45) is 11.1 Å². The van der Waals surface area contributed by atoms with Gasteiger partial charge in [0.15, 0.2) is 0 Å². The molecule has 2 amide bonds. The summed E-state index contributed by atoms with van der Waals surface area (Å²) in [5.41, 5.74) is 0.762. The highest BCUT2D eigenvalue weighted by Crippen LogP contribution is 2.18. The van der Waals surface area contributed by atoms with E-state index in [2.05, 4.69) is 10.2 Å². The van der Waals surface area contributed by atoms with Gasteiger partial charge in [0.25, 0.3) is 0 Å². The summed E-state index contributed by atoms with van der Waals surface area (Å²) in [5.74, 6) is -0.490. The molecule has 8 nitrogen and oxygen atoms in total. The molecule has 3 N–H and O–H groups in total. The van der Waals surface area contributed by atoms with Gasteiger partial charge < -0.3 is 15.1 Å². The predicted molar refractivity (Wildman–Crippen MR) is 97.5 cm³/mol. The van der Waals surface area contributed by atoms with E-state index in [1.165, 1.54) is 12.1 Å². The van der Waals surface area contributed by atoms with Gasteiger partial charge in [0.05, 0.1) is 10.8 Å². The van der Waals surface area contributed by atoms with Crippen LogP contribution in [0.3, 0.4) is 0 Å². The lowest BCUT2D eigenvalue weighted by Gasteiger charge is -2.18. The van der Waals surface area contributed by atoms with Crippen LogP contribution in [0.5, 0.6) is 0 Å². The zero-order valence-electron chi connectivity index (χ0n) is 15.1. The predicted octanol–water partition coefficient (Wildman–Crippen LogP) is -0.250. The Morgan fingerprint density at radius 3 is 2.54 bits per heavy atom. The Hall–Kier alpha value is -1.97. The number of carbonyl (C=O) groups is 2. The van der Waals surface area contributed by atoms with Crippen LogP contribution in [-0.4, -0.2) is 63.8 Å². The van der Waals surface area contributed by atoms with Crippen LogP contribution in [0.4, 0.5) is 0 Å². The Bertz CT molecular complexity index is 747. The molecule has 0 aromatic heterocycles. The van der Waals surface area contributed by atoms with E-state index in [4.69, 9.17) is 5.14 Å². The van der Waals surface area contributed by atoms with E-state index in [9.17, 15) is 18.0 Å². The summed E-state index contributed by atoms with van der Waals surface area (Å²) in [6.45, 7) is 2.28. The molecule has 0 saturated carbocycles. The SMILES string of the molecule is CN(C)CCCN1CC(C(=O)NCc2ccc(S(N)(=O)=O)cc2)CC1=O. The number of hydrogen-bond donors (Lipinski definition) is 2. The Balaban J connectivity index is 1.82. The molecule has 1 fully saturated rings. The molecule has 0 aliphatic carbocycles. The summed E-state index contributed by atoms with van der Waals surface area (Å²) in [4.78, 5) is 28.2. The van der Waals surface area contributed by atoms with Crippen molar-refractivity contribution in [1.29, 1.82) is 0 Å². The first-order chi connectivity index (χ1) is 12.2. The average Bonchev–Trinajstić information content (AvgIpc) is 2.93. The number of likely N-dealkylation sites (tertiary alicyclic amines) is 1. The Morgan fingerprint density at radius 2 is 1.96 bits per heavy atom. The highest BCUT2D eigenvalue weighted by Gasteiger charge is 2.33. The lowest BCUT2D eigenvalue weighted by atomic mass is 10.1. The van der Waals surface area contributed by atoms with Gasteiger partial charge in [0.1, 0.15) is 0 Å². The smallest absolute Gasteiger partial charge is 0.238 e. The van der Waals surface area contributed by atoms with Crippen LogP contribution in [0.2, 0.25) is 0 Å². The van der Waals surface area contributed by atoms with Gasteiger partial charge in [-0.2, -0.15) is 0 Å². The van der Waals surface area contributed by atoms with E-state index in [-0.39, 0.29) is 35.6 Å². The minimum atomic E-state index is -3.72. The second-order valence-electron chi connectivity index (χ2n) is 6.80. The second-order valence-corrected chi connectivity index (χ2v) is 8.37. The molecule has 1 aromatic rings. The van der Waals surface area contributed by atoms with Gasteiger partial charge in [-0.15, -0.1) is 0 Å². The zero-order valence-corrected chi connectivity index (χ0v) is 16.0. The molecule has 9 heteroatoms. The Morgan fingerprint density at radius 1 is 1.31 bits per heavy atom. The standard InChI is InChI=1S/C17H26N4O4S/c1-20(2)8-3-9-21-12-14(10-16(21)22)17(23)19-11-13-4-6-15(7-5-13)26(18,24)25/h4-7,14H,3,8-12H2,1-2H3,(H,19,23)(H2,18,24,25). The van der Waals surface area contributed by atoms with Crippen LogP contribution in [0.25, 0.3) is 0 Å². The summed E-state index contributed by atoms with van der Waals surface area (Å²) in [7, 11) is 0.245. The van der Waals surface area contributed by atoms with Gasteiger partial charge in [-0.3, -0.25) is 9.59 Å². The minimum absolute atomic E-state index is 0.0152. The molecule has 1 aliphatic heterocycles. The summed E-state index contributed by atoms with van der Waals surface area (Å²) in [6, 6.07) is 6.02. The summed E-state index contributed by atoms with van der Waals surface area (Å²) >= 11 is 0. The fraction of sp³-hybridized carbons (Fsp3) is 0.529. The second kappa shape index (κ2) is 8.61. The van der Waals surface area contributed by atoms with Gasteiger partial charge in [-0.25, -0.2) is 13.6 Å². The van der Waals surface area contributed by atoms with Crippen molar-refractivity contribution in [3.63, 3.8) is 0 Å². The third-order valence-electron chi connectivity index (χ3n) is 4.34. The van der Waals surface area contributed by atoms with Gasteiger partial charge >= 0.3 is 0 Å². The monoisotopic (exact) mass is 382 g/mol. The summed E-state index contributed by atoms with van der Waals surface area (Å²) in [5, 5.41) is 7.86. The maximum absolute atomic E-state index is 12.3. The quantitative estimate of drug-likeness (QED) is 0.644. The highest BCUT2D eigenvalue weighted by atomic mass is 32.2. The molecule has 1 unspecified atom stereocenters. The van der Waals surface area contributed by atoms with Crippen molar-refractivity contribution in [2.75, 3.05) is 33.7 Å². The molecule has 26 heavy (non-hydrogen) atoms. The van der Waals surface area contributed by atoms with Crippen LogP contribution in [0.1, 0.15) is 18.4 Å². The van der Waals surface area contributed by atoms with E-state index in [1.54, 1.807) is 17.0 Å². The number of rotatable bonds is 8. The topological polar surface area (TPSA) is 113 Å². The number of amides is 2. The Kier molecular flexibility index (Phi) is 6.74. The number of carbonyl (C=O) groups excluding carboxylic acids is 2. The van der Waals surface area contributed by atoms with Gasteiger partial charge in [-0.1, -0.05) is 12.1 Å². The van der Waals surface area contributed by atoms with E-state index in [0.29, 0.717) is 13.1 Å². The summed E-state index contributed by atoms with van der Waals surface area (Å²) in [6.07, 6.45) is 1.11. The third-order valence-corrected chi connectivity index (χ3v) is 5.27. The van der Waals surface area contributed by atoms with Crippen LogP contribution in [-0.2, 0) is 26.2 Å². The van der Waals surface area contributed by atoms with Crippen LogP contribution in [0, 0.1) is 5.92 Å². The largest absolute Gasteiger partial charge is 0.352 e. The number of nitrogens with one attached hydrogen (secondary N) is 1. The molecule has 144 valence electrons. The third kappa shape index (κ3) is 5.79. The molecule has 0 spiro atoms. The van der Waals surface area contributed by atoms with E-state index >= 15 is 0 Å². The molecular formula is C17H26N4O4S. The normalized spacial score (nSPS) is 17.8. The van der Waals surface area contributed by atoms with Crippen molar-refractivity contribution in [3.8, 4) is 0 Å². The number of primary sulfonamides is 1. The zero-order chi connectivity index (χ0) is 19.3. The lowest BCUT2D eigenvalue weighted by Crippen LogP contribution is -2.33. The summed E-state index contributed by atoms with van der Waals surface area (Å²) < 4.78 is 22.5. The lowest BCUT2D eigenvalue weighted by molar-refractivity contribution is -0.129. The number of nitrogens with two attached hydrogens (primary N) is 1. The number of benzene rings is 1. The van der Waals surface area contributed by atoms with Gasteiger partial charge in [-0.05, 0) is 44.8 Å². The number of nitrogens with zero attached hydrogens (tertiary/aromatic N) is 2. The maximum Gasteiger partial charge on any atom is 0.238 e. The molecule has 2 rings (SSSR count). The fourth-order valence-electron chi connectivity index (χ4n) is 2.87. The molecular weight excluding hydrogens is 356 g/mol. The average molecular weight is 382 g/mol. The first kappa shape index (κ1) is 20.3. The van der Waals surface area contributed by atoms with Crippen LogP contribution < -0.4 is 10.5 Å². The van der Waals surface area contributed by atoms with E-state index in [0.717, 1.165) is 18.5 Å². The van der Waals surface area contributed by atoms with Crippen molar-refractivity contribution >= 4 is 21.8 Å². The number of hydrogen-bond acceptors (Lipinski definition) is 5. The molecule has 1 heterocycles. The molecule has 0 bridgehead atoms. The van der Waals surface area contributed by atoms with E-state index in [1.807, 2.05) is 14.1 Å². The Labute approximate surface area is 154 Å². The molecule has 0 radical (unpaired) electrons. The van der Waals surface area contributed by atoms with Crippen molar-refractivity contribution in [1.82, 2.24) is 15.1 Å².